The fraction of sp³-hybridized carbons (Fsp3) is 1.00. The third-order valence-corrected chi connectivity index (χ3v) is 0. The van der Waals surface area contributed by atoms with Gasteiger partial charge in [-0.15, -0.1) is 0 Å². The average Bonchev–Trinajstić information content (AvgIpc) is 2.90. The minimum absolute atomic E-state index is 0. The number of rotatable bonds is 0. The first-order chi connectivity index (χ1) is 13.0. The van der Waals surface area contributed by atoms with Gasteiger partial charge >= 0.3 is 0 Å². The van der Waals surface area contributed by atoms with Crippen molar-refractivity contribution in [2.24, 2.45) is 11.5 Å². The van der Waals surface area contributed by atoms with Crippen molar-refractivity contribution in [1.82, 2.24) is 12.3 Å². The maximum absolute atomic E-state index is 4.50. The summed E-state index contributed by atoms with van der Waals surface area (Å²) in [7, 11) is 3.00. The number of hydrogen-bond donors (Lipinski definition) is 4. The van der Waals surface area contributed by atoms with Gasteiger partial charge in [0.2, 0.25) is 0 Å². The summed E-state index contributed by atoms with van der Waals surface area (Å²) >= 11 is 0. The maximum Gasteiger partial charge on any atom is -0.0195 e. The van der Waals surface area contributed by atoms with Crippen LogP contribution >= 0.6 is 0 Å². The third kappa shape index (κ3) is 1110000. The first kappa shape index (κ1) is 202. The van der Waals surface area contributed by atoms with Gasteiger partial charge in [0.25, 0.3) is 0 Å². The van der Waals surface area contributed by atoms with E-state index in [9.17, 15) is 0 Å². The molecular weight excluding hydrogens is 404 g/mol. The Kier molecular flexibility index (Phi) is 7240000. The molecule has 4 heteroatoms. The molecule has 0 unspecified atom stereocenters. The van der Waals surface area contributed by atoms with Crippen LogP contribution < -0.4 is 23.8 Å². The van der Waals surface area contributed by atoms with Gasteiger partial charge in [-0.2, -0.15) is 0 Å². The van der Waals surface area contributed by atoms with Gasteiger partial charge in [0.1, 0.15) is 0 Å². The first-order valence-electron chi connectivity index (χ1n) is 12.2. The summed E-state index contributed by atoms with van der Waals surface area (Å²) in [5.41, 5.74) is 9.00. The minimum atomic E-state index is 0. The molecule has 10 N–H and O–H groups in total. The average molecular weight is 507 g/mol. The van der Waals surface area contributed by atoms with Crippen molar-refractivity contribution in [3.05, 3.63) is 0 Å². The second-order valence-electron chi connectivity index (χ2n) is 0. The monoisotopic (exact) mass is 507 g/mol. The standard InChI is InChI=1S/11C2H6.2CH5N.5CH4.2H3N/c13*1-2;;;;;;;/h11*1-2H3;2*2H2,1H3;5*1H4;2*1H3. The quantitative estimate of drug-likeness (QED) is 0.260. The minimum Gasteiger partial charge on any atom is -0.344 e. The van der Waals surface area contributed by atoms with Gasteiger partial charge in [-0.05, 0) is 14.1 Å². The summed E-state index contributed by atoms with van der Waals surface area (Å²) < 4.78 is 0. The van der Waals surface area contributed by atoms with Crippen molar-refractivity contribution in [2.45, 2.75) is 189 Å². The van der Waals surface area contributed by atoms with Crippen molar-refractivity contribution < 1.29 is 0 Å². The van der Waals surface area contributed by atoms with E-state index >= 15 is 0 Å². The van der Waals surface area contributed by atoms with Crippen LogP contribution in [0.5, 0.6) is 0 Å². The van der Waals surface area contributed by atoms with E-state index in [1.54, 1.807) is 0 Å². The maximum atomic E-state index is 4.50. The highest BCUT2D eigenvalue weighted by Gasteiger charge is 0.953. The molecule has 0 fully saturated rings. The van der Waals surface area contributed by atoms with Gasteiger partial charge in [0, 0.05) is 0 Å². The lowest BCUT2D eigenvalue weighted by Crippen LogP contribution is -1.69. The topological polar surface area (TPSA) is 122 Å². The Hall–Kier alpha value is -0.160. The molecule has 0 saturated carbocycles. The molecule has 0 heterocycles. The summed E-state index contributed by atoms with van der Waals surface area (Å²) in [6, 6.07) is 0. The zero-order valence-electron chi connectivity index (χ0n) is 26.6. The molecular formula is C29H102N4. The molecule has 0 rings (SSSR count). The molecule has 0 aromatic rings. The van der Waals surface area contributed by atoms with Crippen molar-refractivity contribution in [1.29, 1.82) is 0 Å². The van der Waals surface area contributed by atoms with Gasteiger partial charge < -0.3 is 23.8 Å². The van der Waals surface area contributed by atoms with Gasteiger partial charge in [-0.25, -0.2) is 0 Å². The van der Waals surface area contributed by atoms with E-state index in [1.807, 2.05) is 152 Å². The highest BCUT2D eigenvalue weighted by atomic mass is 14.4. The van der Waals surface area contributed by atoms with Gasteiger partial charge in [-0.1, -0.05) is 189 Å². The molecule has 0 saturated heterocycles. The molecule has 33 heavy (non-hydrogen) atoms. The molecule has 0 aromatic carbocycles. The van der Waals surface area contributed by atoms with Crippen LogP contribution in [0.4, 0.5) is 0 Å². The predicted octanol–water partition coefficient (Wildman–Crippen LogP) is 13.9. The summed E-state index contributed by atoms with van der Waals surface area (Å²) in [6.45, 7) is 44.0. The van der Waals surface area contributed by atoms with Crippen LogP contribution in [0.25, 0.3) is 0 Å². The van der Waals surface area contributed by atoms with Crippen molar-refractivity contribution in [2.75, 3.05) is 14.1 Å². The van der Waals surface area contributed by atoms with Gasteiger partial charge in [0.05, 0.1) is 0 Å². The molecule has 0 atom stereocenters. The molecule has 4 nitrogen and oxygen atoms in total. The highest BCUT2D eigenvalue weighted by molar-refractivity contribution is 3.54. The van der Waals surface area contributed by atoms with Crippen LogP contribution in [0, 0.1) is 0 Å². The molecule has 0 aromatic heterocycles. The largest absolute Gasteiger partial charge is 0.344 e. The predicted molar refractivity (Wildman–Crippen MR) is 189 cm³/mol. The molecule has 0 aliphatic carbocycles. The van der Waals surface area contributed by atoms with Crippen molar-refractivity contribution in [3.8, 4) is 0 Å². The van der Waals surface area contributed by atoms with E-state index in [0.29, 0.717) is 0 Å². The number of hydrogen-bond acceptors (Lipinski definition) is 4. The van der Waals surface area contributed by atoms with Crippen LogP contribution in [0.1, 0.15) is 189 Å². The van der Waals surface area contributed by atoms with E-state index in [0.717, 1.165) is 0 Å². The molecule has 0 bridgehead atoms. The van der Waals surface area contributed by atoms with E-state index in [4.69, 9.17) is 0 Å². The van der Waals surface area contributed by atoms with E-state index in [1.165, 1.54) is 14.1 Å². The highest BCUT2D eigenvalue weighted by Crippen LogP contribution is 1.16. The fourth-order valence-electron chi connectivity index (χ4n) is 0. The van der Waals surface area contributed by atoms with Crippen molar-refractivity contribution in [3.63, 3.8) is 0 Å². The van der Waals surface area contributed by atoms with E-state index < -0.39 is 0 Å². The Morgan fingerprint density at radius 3 is 0.182 bits per heavy atom. The van der Waals surface area contributed by atoms with Crippen LogP contribution in [0.3, 0.4) is 0 Å². The van der Waals surface area contributed by atoms with Crippen LogP contribution in [-0.2, 0) is 0 Å². The first-order valence-corrected chi connectivity index (χ1v) is 12.2. The van der Waals surface area contributed by atoms with Crippen molar-refractivity contribution >= 4 is 0 Å². The summed E-state index contributed by atoms with van der Waals surface area (Å²) in [5.74, 6) is 0. The van der Waals surface area contributed by atoms with E-state index in [-0.39, 0.29) is 49.4 Å². The summed E-state index contributed by atoms with van der Waals surface area (Å²) in [5, 5.41) is 0. The third-order valence-electron chi connectivity index (χ3n) is 0. The lowest BCUT2D eigenvalue weighted by Gasteiger charge is -1.19. The summed E-state index contributed by atoms with van der Waals surface area (Å²) in [4.78, 5) is 0. The zero-order valence-corrected chi connectivity index (χ0v) is 26.6. The Morgan fingerprint density at radius 1 is 0.182 bits per heavy atom. The molecule has 0 radical (unpaired) electrons. The number of nitrogens with two attached hydrogens (primary N) is 2. The smallest absolute Gasteiger partial charge is 0.0195 e. The normalized spacial score (nSPS) is 2.36. The second-order valence-corrected chi connectivity index (χ2v) is 0. The Balaban J connectivity index is -0.00000000303. The lowest BCUT2D eigenvalue weighted by atomic mass is 11.0. The van der Waals surface area contributed by atoms with Gasteiger partial charge in [0.15, 0.2) is 0 Å². The van der Waals surface area contributed by atoms with Crippen LogP contribution in [0.15, 0.2) is 0 Å². The lowest BCUT2D eigenvalue weighted by molar-refractivity contribution is 1.48. The second kappa shape index (κ2) is 1180000. The van der Waals surface area contributed by atoms with E-state index in [2.05, 4.69) is 11.5 Å². The van der Waals surface area contributed by atoms with Gasteiger partial charge in [-0.3, -0.25) is 0 Å². The Labute approximate surface area is 227 Å². The molecule has 238 valence electrons. The molecule has 0 aliphatic rings. The SMILES string of the molecule is C.C.C.C.C.CC.CC.CC.CC.CC.CC.CC.CC.CC.CC.CC.CN.CN.N.N. The summed E-state index contributed by atoms with van der Waals surface area (Å²) in [6.07, 6.45) is 0. The molecule has 0 spiro atoms. The Bertz CT molecular complexity index is 17.6. The zero-order chi connectivity index (χ0) is 26.0. The fourth-order valence-corrected chi connectivity index (χ4v) is 0. The molecule has 0 aliphatic heterocycles. The van der Waals surface area contributed by atoms with Crippen LogP contribution in [0.2, 0.25) is 0 Å². The van der Waals surface area contributed by atoms with Crippen LogP contribution in [-0.4, -0.2) is 14.1 Å². The molecule has 0 amide bonds. The Morgan fingerprint density at radius 2 is 0.182 bits per heavy atom.